The Morgan fingerprint density at radius 2 is 1.88 bits per heavy atom. The second-order valence-electron chi connectivity index (χ2n) is 6.83. The fourth-order valence-electron chi connectivity index (χ4n) is 3.47. The lowest BCUT2D eigenvalue weighted by molar-refractivity contribution is -0.142. The lowest BCUT2D eigenvalue weighted by Gasteiger charge is -2.27. The molecule has 2 fully saturated rings. The molecule has 1 saturated heterocycles. The molecule has 3 N–H and O–H groups in total. The minimum atomic E-state index is -0.735. The Bertz CT molecular complexity index is 447. The number of nitrogens with zero attached hydrogens (tertiary/aromatic N) is 1. The van der Waals surface area contributed by atoms with E-state index in [1.807, 2.05) is 4.90 Å². The number of hydrogen-bond acceptors (Lipinski definition) is 3. The van der Waals surface area contributed by atoms with Crippen molar-refractivity contribution in [2.75, 3.05) is 19.6 Å². The van der Waals surface area contributed by atoms with Crippen LogP contribution in [0, 0.1) is 5.92 Å². The minimum Gasteiger partial charge on any atom is -0.481 e. The summed E-state index contributed by atoms with van der Waals surface area (Å²) >= 11 is 0. The van der Waals surface area contributed by atoms with Crippen molar-refractivity contribution < 1.29 is 19.5 Å². The second kappa shape index (κ2) is 9.49. The van der Waals surface area contributed by atoms with Gasteiger partial charge in [0.15, 0.2) is 0 Å². The molecule has 0 unspecified atom stereocenters. The Morgan fingerprint density at radius 1 is 1.12 bits per heavy atom. The Morgan fingerprint density at radius 3 is 2.58 bits per heavy atom. The number of carbonyl (C=O) groups is 3. The molecule has 1 saturated carbocycles. The maximum Gasteiger partial charge on any atom is 0.315 e. The van der Waals surface area contributed by atoms with Crippen LogP contribution in [0.1, 0.15) is 57.8 Å². The van der Waals surface area contributed by atoms with Gasteiger partial charge in [0.2, 0.25) is 5.91 Å². The summed E-state index contributed by atoms with van der Waals surface area (Å²) in [6, 6.07) is -0.135. The summed E-state index contributed by atoms with van der Waals surface area (Å²) in [4.78, 5) is 36.5. The first-order valence-corrected chi connectivity index (χ1v) is 9.11. The van der Waals surface area contributed by atoms with Crippen LogP contribution in [-0.4, -0.2) is 53.6 Å². The topological polar surface area (TPSA) is 98.7 Å². The Kier molecular flexibility index (Phi) is 7.34. The van der Waals surface area contributed by atoms with Crippen molar-refractivity contribution >= 4 is 17.9 Å². The average Bonchev–Trinajstić information content (AvgIpc) is 2.76. The number of rotatable bonds is 6. The molecule has 1 aliphatic heterocycles. The molecule has 0 aromatic carbocycles. The number of carbonyl (C=O) groups excluding carboxylic acids is 2. The summed E-state index contributed by atoms with van der Waals surface area (Å²) in [5, 5.41) is 14.7. The summed E-state index contributed by atoms with van der Waals surface area (Å²) in [6.07, 6.45) is 7.25. The molecule has 0 aromatic rings. The molecule has 0 aromatic heterocycles. The molecule has 7 heteroatoms. The van der Waals surface area contributed by atoms with Gasteiger partial charge in [-0.1, -0.05) is 6.42 Å². The molecule has 0 radical (unpaired) electrons. The molecular weight excluding hydrogens is 310 g/mol. The molecule has 0 spiro atoms. The lowest BCUT2D eigenvalue weighted by atomic mass is 9.86. The molecule has 1 heterocycles. The normalized spacial score (nSPS) is 25.0. The van der Waals surface area contributed by atoms with E-state index in [0.717, 1.165) is 32.2 Å². The molecule has 24 heavy (non-hydrogen) atoms. The highest BCUT2D eigenvalue weighted by molar-refractivity contribution is 5.76. The molecule has 2 rings (SSSR count). The predicted molar refractivity (Wildman–Crippen MR) is 89.6 cm³/mol. The van der Waals surface area contributed by atoms with Gasteiger partial charge in [-0.15, -0.1) is 0 Å². The number of urea groups is 1. The van der Waals surface area contributed by atoms with E-state index in [4.69, 9.17) is 5.11 Å². The van der Waals surface area contributed by atoms with Crippen LogP contribution in [0.3, 0.4) is 0 Å². The van der Waals surface area contributed by atoms with Gasteiger partial charge >= 0.3 is 12.0 Å². The molecule has 1 aliphatic carbocycles. The van der Waals surface area contributed by atoms with Gasteiger partial charge in [0.25, 0.3) is 0 Å². The van der Waals surface area contributed by atoms with Crippen LogP contribution in [0.15, 0.2) is 0 Å². The summed E-state index contributed by atoms with van der Waals surface area (Å²) in [7, 11) is 0. The highest BCUT2D eigenvalue weighted by Gasteiger charge is 2.26. The Labute approximate surface area is 143 Å². The van der Waals surface area contributed by atoms with E-state index in [0.29, 0.717) is 45.2 Å². The van der Waals surface area contributed by atoms with Crippen LogP contribution in [0.2, 0.25) is 0 Å². The number of amides is 3. The SMILES string of the molecule is O=C(NCCCN1CCCCCC1=O)NC1CCC(C(=O)O)CC1. The average molecular weight is 339 g/mol. The van der Waals surface area contributed by atoms with Gasteiger partial charge in [-0.05, 0) is 44.9 Å². The lowest BCUT2D eigenvalue weighted by Crippen LogP contribution is -2.44. The van der Waals surface area contributed by atoms with Crippen LogP contribution >= 0.6 is 0 Å². The molecule has 3 amide bonds. The summed E-state index contributed by atoms with van der Waals surface area (Å²) in [5.41, 5.74) is 0. The van der Waals surface area contributed by atoms with Gasteiger partial charge in [-0.25, -0.2) is 4.79 Å². The van der Waals surface area contributed by atoms with Crippen LogP contribution in [-0.2, 0) is 9.59 Å². The number of likely N-dealkylation sites (tertiary alicyclic amines) is 1. The van der Waals surface area contributed by atoms with Crippen molar-refractivity contribution in [1.29, 1.82) is 0 Å². The van der Waals surface area contributed by atoms with Gasteiger partial charge in [0.1, 0.15) is 0 Å². The fourth-order valence-corrected chi connectivity index (χ4v) is 3.47. The highest BCUT2D eigenvalue weighted by Crippen LogP contribution is 2.24. The van der Waals surface area contributed by atoms with E-state index in [9.17, 15) is 14.4 Å². The van der Waals surface area contributed by atoms with Crippen molar-refractivity contribution in [3.05, 3.63) is 0 Å². The van der Waals surface area contributed by atoms with Crippen LogP contribution in [0.5, 0.6) is 0 Å². The smallest absolute Gasteiger partial charge is 0.315 e. The Hall–Kier alpha value is -1.79. The molecule has 0 atom stereocenters. The maximum absolute atomic E-state index is 11.9. The quantitative estimate of drug-likeness (QED) is 0.642. The zero-order valence-corrected chi connectivity index (χ0v) is 14.3. The standard InChI is InChI=1S/C17H29N3O4/c21-15-5-2-1-3-11-20(15)12-4-10-18-17(24)19-14-8-6-13(7-9-14)16(22)23/h13-14H,1-12H2,(H,22,23)(H2,18,19,24). The summed E-state index contributed by atoms with van der Waals surface area (Å²) in [6.45, 7) is 2.07. The number of aliphatic carboxylic acids is 1. The third-order valence-corrected chi connectivity index (χ3v) is 4.97. The molecule has 136 valence electrons. The zero-order valence-electron chi connectivity index (χ0n) is 14.3. The molecule has 0 bridgehead atoms. The summed E-state index contributed by atoms with van der Waals surface area (Å²) < 4.78 is 0. The molecule has 2 aliphatic rings. The van der Waals surface area contributed by atoms with Gasteiger partial charge in [0, 0.05) is 32.1 Å². The van der Waals surface area contributed by atoms with Crippen molar-refractivity contribution in [2.45, 2.75) is 63.8 Å². The van der Waals surface area contributed by atoms with Gasteiger partial charge < -0.3 is 20.6 Å². The number of hydrogen-bond donors (Lipinski definition) is 3. The van der Waals surface area contributed by atoms with Gasteiger partial charge in [-0.2, -0.15) is 0 Å². The van der Waals surface area contributed by atoms with E-state index < -0.39 is 5.97 Å². The van der Waals surface area contributed by atoms with E-state index in [2.05, 4.69) is 10.6 Å². The molecule has 7 nitrogen and oxygen atoms in total. The van der Waals surface area contributed by atoms with Crippen molar-refractivity contribution in [1.82, 2.24) is 15.5 Å². The predicted octanol–water partition coefficient (Wildman–Crippen LogP) is 1.72. The number of carboxylic acid groups (broad SMARTS) is 1. The number of carboxylic acids is 1. The van der Waals surface area contributed by atoms with E-state index >= 15 is 0 Å². The third-order valence-electron chi connectivity index (χ3n) is 4.97. The van der Waals surface area contributed by atoms with E-state index in [-0.39, 0.29) is 23.9 Å². The first-order chi connectivity index (χ1) is 11.6. The van der Waals surface area contributed by atoms with Gasteiger partial charge in [-0.3, -0.25) is 9.59 Å². The maximum atomic E-state index is 11.9. The highest BCUT2D eigenvalue weighted by atomic mass is 16.4. The largest absolute Gasteiger partial charge is 0.481 e. The van der Waals surface area contributed by atoms with Crippen LogP contribution in [0.25, 0.3) is 0 Å². The third kappa shape index (κ3) is 6.02. The van der Waals surface area contributed by atoms with Gasteiger partial charge in [0.05, 0.1) is 5.92 Å². The monoisotopic (exact) mass is 339 g/mol. The number of nitrogens with one attached hydrogen (secondary N) is 2. The van der Waals surface area contributed by atoms with E-state index in [1.54, 1.807) is 0 Å². The van der Waals surface area contributed by atoms with Crippen molar-refractivity contribution in [3.8, 4) is 0 Å². The first-order valence-electron chi connectivity index (χ1n) is 9.11. The second-order valence-corrected chi connectivity index (χ2v) is 6.83. The van der Waals surface area contributed by atoms with E-state index in [1.165, 1.54) is 0 Å². The first kappa shape index (κ1) is 18.5. The summed E-state index contributed by atoms with van der Waals surface area (Å²) in [5.74, 6) is -0.773. The van der Waals surface area contributed by atoms with Crippen molar-refractivity contribution in [2.24, 2.45) is 5.92 Å². The fraction of sp³-hybridized carbons (Fsp3) is 0.824. The van der Waals surface area contributed by atoms with Crippen molar-refractivity contribution in [3.63, 3.8) is 0 Å². The minimum absolute atomic E-state index is 0.0628. The molecular formula is C17H29N3O4. The Balaban J connectivity index is 1.57. The van der Waals surface area contributed by atoms with Crippen LogP contribution < -0.4 is 10.6 Å². The zero-order chi connectivity index (χ0) is 17.4. The van der Waals surface area contributed by atoms with Crippen LogP contribution in [0.4, 0.5) is 4.79 Å².